The van der Waals surface area contributed by atoms with Crippen molar-refractivity contribution in [2.75, 3.05) is 13.2 Å². The zero-order chi connectivity index (χ0) is 12.9. The predicted molar refractivity (Wildman–Crippen MR) is 81.7 cm³/mol. The maximum atomic E-state index is 5.75. The molecule has 2 nitrogen and oxygen atoms in total. The SMILES string of the molecule is c1ccc2c(CNCCC3CCCCO3)csc2c1. The first-order valence-corrected chi connectivity index (χ1v) is 8.09. The first-order valence-electron chi connectivity index (χ1n) is 7.21. The Morgan fingerprint density at radius 2 is 2.21 bits per heavy atom. The highest BCUT2D eigenvalue weighted by atomic mass is 32.1. The van der Waals surface area contributed by atoms with Crippen molar-refractivity contribution in [2.24, 2.45) is 0 Å². The van der Waals surface area contributed by atoms with Crippen LogP contribution in [0.3, 0.4) is 0 Å². The molecule has 0 spiro atoms. The van der Waals surface area contributed by atoms with Gasteiger partial charge in [0.1, 0.15) is 0 Å². The van der Waals surface area contributed by atoms with E-state index in [1.165, 1.54) is 34.9 Å². The first kappa shape index (κ1) is 13.1. The molecule has 3 heteroatoms. The zero-order valence-corrected chi connectivity index (χ0v) is 12.0. The van der Waals surface area contributed by atoms with E-state index in [0.717, 1.165) is 26.1 Å². The molecule has 2 aromatic rings. The third-order valence-corrected chi connectivity index (χ3v) is 4.81. The van der Waals surface area contributed by atoms with Gasteiger partial charge in [-0.3, -0.25) is 0 Å². The molecule has 1 aliphatic heterocycles. The van der Waals surface area contributed by atoms with E-state index in [4.69, 9.17) is 4.74 Å². The lowest BCUT2D eigenvalue weighted by molar-refractivity contribution is 0.0115. The van der Waals surface area contributed by atoms with Crippen LogP contribution in [0.4, 0.5) is 0 Å². The molecule has 0 amide bonds. The molecule has 0 radical (unpaired) electrons. The molecular formula is C16H21NOS. The topological polar surface area (TPSA) is 21.3 Å². The van der Waals surface area contributed by atoms with E-state index in [1.54, 1.807) is 0 Å². The van der Waals surface area contributed by atoms with Crippen molar-refractivity contribution in [2.45, 2.75) is 38.3 Å². The van der Waals surface area contributed by atoms with Gasteiger partial charge in [-0.25, -0.2) is 0 Å². The fourth-order valence-corrected chi connectivity index (χ4v) is 3.65. The van der Waals surface area contributed by atoms with E-state index < -0.39 is 0 Å². The lowest BCUT2D eigenvalue weighted by atomic mass is 10.1. The molecule has 0 bridgehead atoms. The highest BCUT2D eigenvalue weighted by Crippen LogP contribution is 2.25. The van der Waals surface area contributed by atoms with Gasteiger partial charge in [0.15, 0.2) is 0 Å². The first-order chi connectivity index (χ1) is 9.43. The molecule has 1 aromatic heterocycles. The quantitative estimate of drug-likeness (QED) is 0.834. The van der Waals surface area contributed by atoms with Crippen LogP contribution in [0.2, 0.25) is 0 Å². The van der Waals surface area contributed by atoms with Crippen molar-refractivity contribution >= 4 is 21.4 Å². The molecule has 1 unspecified atom stereocenters. The molecule has 2 heterocycles. The minimum Gasteiger partial charge on any atom is -0.378 e. The highest BCUT2D eigenvalue weighted by Gasteiger charge is 2.12. The third-order valence-electron chi connectivity index (χ3n) is 3.79. The number of hydrogen-bond acceptors (Lipinski definition) is 3. The van der Waals surface area contributed by atoms with Crippen LogP contribution in [-0.2, 0) is 11.3 Å². The number of benzene rings is 1. The van der Waals surface area contributed by atoms with Gasteiger partial charge < -0.3 is 10.1 Å². The molecular weight excluding hydrogens is 254 g/mol. The van der Waals surface area contributed by atoms with E-state index in [0.29, 0.717) is 6.10 Å². The van der Waals surface area contributed by atoms with Gasteiger partial charge in [0, 0.05) is 17.9 Å². The molecule has 1 aliphatic rings. The van der Waals surface area contributed by atoms with Crippen LogP contribution < -0.4 is 5.32 Å². The Balaban J connectivity index is 1.47. The van der Waals surface area contributed by atoms with Gasteiger partial charge in [0.05, 0.1) is 6.10 Å². The summed E-state index contributed by atoms with van der Waals surface area (Å²) in [5.74, 6) is 0. The molecule has 3 rings (SSSR count). The van der Waals surface area contributed by atoms with Gasteiger partial charge in [0.25, 0.3) is 0 Å². The molecule has 19 heavy (non-hydrogen) atoms. The molecule has 1 atom stereocenters. The van der Waals surface area contributed by atoms with Crippen LogP contribution in [0.1, 0.15) is 31.2 Å². The summed E-state index contributed by atoms with van der Waals surface area (Å²) in [6.45, 7) is 2.98. The summed E-state index contributed by atoms with van der Waals surface area (Å²) >= 11 is 1.84. The van der Waals surface area contributed by atoms with Crippen molar-refractivity contribution in [1.29, 1.82) is 0 Å². The molecule has 1 fully saturated rings. The second kappa shape index (κ2) is 6.51. The van der Waals surface area contributed by atoms with Crippen LogP contribution >= 0.6 is 11.3 Å². The van der Waals surface area contributed by atoms with E-state index in [2.05, 4.69) is 35.0 Å². The fourth-order valence-electron chi connectivity index (χ4n) is 2.69. The molecule has 1 N–H and O–H groups in total. The number of ether oxygens (including phenoxy) is 1. The maximum absolute atomic E-state index is 5.75. The van der Waals surface area contributed by atoms with Crippen molar-refractivity contribution < 1.29 is 4.74 Å². The average Bonchev–Trinajstić information content (AvgIpc) is 2.88. The summed E-state index contributed by atoms with van der Waals surface area (Å²) in [6, 6.07) is 8.64. The number of rotatable bonds is 5. The third kappa shape index (κ3) is 3.35. The van der Waals surface area contributed by atoms with Crippen LogP contribution in [-0.4, -0.2) is 19.3 Å². The second-order valence-electron chi connectivity index (χ2n) is 5.21. The van der Waals surface area contributed by atoms with E-state index in [1.807, 2.05) is 11.3 Å². The average molecular weight is 275 g/mol. The monoisotopic (exact) mass is 275 g/mol. The van der Waals surface area contributed by atoms with Crippen LogP contribution in [0.15, 0.2) is 29.6 Å². The molecule has 0 aliphatic carbocycles. The largest absolute Gasteiger partial charge is 0.378 e. The summed E-state index contributed by atoms with van der Waals surface area (Å²) in [5, 5.41) is 7.22. The van der Waals surface area contributed by atoms with Gasteiger partial charge in [-0.05, 0) is 54.6 Å². The van der Waals surface area contributed by atoms with Crippen molar-refractivity contribution in [3.05, 3.63) is 35.2 Å². The Morgan fingerprint density at radius 1 is 1.26 bits per heavy atom. The Morgan fingerprint density at radius 3 is 3.11 bits per heavy atom. The van der Waals surface area contributed by atoms with Gasteiger partial charge in [0.2, 0.25) is 0 Å². The predicted octanol–water partition coefficient (Wildman–Crippen LogP) is 3.95. The summed E-state index contributed by atoms with van der Waals surface area (Å²) in [5.41, 5.74) is 1.42. The minimum absolute atomic E-state index is 0.487. The van der Waals surface area contributed by atoms with Gasteiger partial charge in [-0.1, -0.05) is 18.2 Å². The Labute approximate surface area is 118 Å². The van der Waals surface area contributed by atoms with E-state index in [-0.39, 0.29) is 0 Å². The maximum Gasteiger partial charge on any atom is 0.0587 e. The minimum atomic E-state index is 0.487. The number of hydrogen-bond donors (Lipinski definition) is 1. The Hall–Kier alpha value is -0.900. The van der Waals surface area contributed by atoms with Gasteiger partial charge in [-0.15, -0.1) is 11.3 Å². The van der Waals surface area contributed by atoms with Crippen LogP contribution in [0.25, 0.3) is 10.1 Å². The van der Waals surface area contributed by atoms with Crippen molar-refractivity contribution in [3.8, 4) is 0 Å². The molecule has 0 saturated carbocycles. The fraction of sp³-hybridized carbons (Fsp3) is 0.500. The summed E-state index contributed by atoms with van der Waals surface area (Å²) < 4.78 is 7.13. The summed E-state index contributed by atoms with van der Waals surface area (Å²) in [4.78, 5) is 0. The summed E-state index contributed by atoms with van der Waals surface area (Å²) in [7, 11) is 0. The van der Waals surface area contributed by atoms with Crippen LogP contribution in [0, 0.1) is 0 Å². The smallest absolute Gasteiger partial charge is 0.0587 e. The second-order valence-corrected chi connectivity index (χ2v) is 6.12. The lowest BCUT2D eigenvalue weighted by Crippen LogP contribution is -2.25. The number of fused-ring (bicyclic) bond motifs is 1. The highest BCUT2D eigenvalue weighted by molar-refractivity contribution is 7.17. The van der Waals surface area contributed by atoms with Crippen LogP contribution in [0.5, 0.6) is 0 Å². The van der Waals surface area contributed by atoms with Gasteiger partial charge in [-0.2, -0.15) is 0 Å². The molecule has 1 aromatic carbocycles. The van der Waals surface area contributed by atoms with Gasteiger partial charge >= 0.3 is 0 Å². The number of nitrogens with one attached hydrogen (secondary N) is 1. The molecule has 102 valence electrons. The lowest BCUT2D eigenvalue weighted by Gasteiger charge is -2.22. The number of thiophene rings is 1. The normalized spacial score (nSPS) is 19.9. The van der Waals surface area contributed by atoms with E-state index in [9.17, 15) is 0 Å². The summed E-state index contributed by atoms with van der Waals surface area (Å²) in [6.07, 6.45) is 5.44. The van der Waals surface area contributed by atoms with Crippen molar-refractivity contribution in [3.63, 3.8) is 0 Å². The standard InChI is InChI=1S/C16H21NOS/c1-2-7-16-15(6-1)13(12-19-16)11-17-9-8-14-5-3-4-10-18-14/h1-2,6-7,12,14,17H,3-5,8-11H2. The Kier molecular flexibility index (Phi) is 4.49. The zero-order valence-electron chi connectivity index (χ0n) is 11.2. The Bertz CT molecular complexity index is 516. The molecule has 1 saturated heterocycles. The van der Waals surface area contributed by atoms with Crippen molar-refractivity contribution in [1.82, 2.24) is 5.32 Å². The van der Waals surface area contributed by atoms with E-state index >= 15 is 0 Å².